The molecule has 0 aliphatic rings. The second-order valence-electron chi connectivity index (χ2n) is 2.77. The van der Waals surface area contributed by atoms with Gasteiger partial charge in [-0.1, -0.05) is 0 Å². The van der Waals surface area contributed by atoms with Crippen LogP contribution in [0.3, 0.4) is 0 Å². The topological polar surface area (TPSA) is 86.0 Å². The molecule has 0 atom stereocenters. The van der Waals surface area contributed by atoms with Gasteiger partial charge in [-0.25, -0.2) is 0 Å². The van der Waals surface area contributed by atoms with E-state index in [0.29, 0.717) is 6.61 Å². The van der Waals surface area contributed by atoms with Crippen molar-refractivity contribution in [3.05, 3.63) is 29.8 Å². The Balaban J connectivity index is 2.64. The molecule has 5 heteroatoms. The van der Waals surface area contributed by atoms with Crippen LogP contribution in [0.2, 0.25) is 0 Å². The molecule has 1 aromatic rings. The fraction of sp³-hybridized carbons (Fsp3) is 0.200. The molecule has 4 N–H and O–H groups in total. The highest BCUT2D eigenvalue weighted by Crippen LogP contribution is 2.10. The van der Waals surface area contributed by atoms with E-state index < -0.39 is 0 Å². The van der Waals surface area contributed by atoms with E-state index in [1.165, 1.54) is 0 Å². The molecule has 0 heterocycles. The summed E-state index contributed by atoms with van der Waals surface area (Å²) >= 11 is 0. The van der Waals surface area contributed by atoms with Crippen molar-refractivity contribution in [3.8, 4) is 5.75 Å². The van der Waals surface area contributed by atoms with Crippen LogP contribution in [0.1, 0.15) is 12.5 Å². The zero-order valence-electron chi connectivity index (χ0n) is 8.55. The number of hydrogen-bond acceptors (Lipinski definition) is 3. The van der Waals surface area contributed by atoms with Crippen LogP contribution in [0.5, 0.6) is 5.75 Å². The number of nitrogens with zero attached hydrogens (tertiary/aromatic N) is 2. The zero-order valence-corrected chi connectivity index (χ0v) is 8.55. The van der Waals surface area contributed by atoms with E-state index in [4.69, 9.17) is 16.2 Å². The highest BCUT2D eigenvalue weighted by Gasteiger charge is 1.91. The molecule has 1 rings (SSSR count). The van der Waals surface area contributed by atoms with E-state index in [0.717, 1.165) is 11.3 Å². The summed E-state index contributed by atoms with van der Waals surface area (Å²) in [4.78, 5) is 0. The molecule has 0 aliphatic heterocycles. The van der Waals surface area contributed by atoms with Crippen LogP contribution in [0.15, 0.2) is 34.5 Å². The van der Waals surface area contributed by atoms with Gasteiger partial charge >= 0.3 is 0 Å². The molecule has 0 bridgehead atoms. The first-order valence-electron chi connectivity index (χ1n) is 4.57. The molecular weight excluding hydrogens is 192 g/mol. The minimum Gasteiger partial charge on any atom is -0.494 e. The Morgan fingerprint density at radius 1 is 1.33 bits per heavy atom. The fourth-order valence-electron chi connectivity index (χ4n) is 0.979. The third-order valence-corrected chi connectivity index (χ3v) is 1.57. The second-order valence-corrected chi connectivity index (χ2v) is 2.77. The molecule has 80 valence electrons. The highest BCUT2D eigenvalue weighted by molar-refractivity contribution is 5.81. The lowest BCUT2D eigenvalue weighted by molar-refractivity contribution is 0.340. The molecular formula is C10H14N4O. The second kappa shape index (κ2) is 5.64. The Hall–Kier alpha value is -2.04. The maximum atomic E-state index is 5.29. The summed E-state index contributed by atoms with van der Waals surface area (Å²) in [5.41, 5.74) is 11.1. The minimum atomic E-state index is -0.0582. The van der Waals surface area contributed by atoms with Gasteiger partial charge in [0.05, 0.1) is 12.8 Å². The van der Waals surface area contributed by atoms with Crippen molar-refractivity contribution in [2.45, 2.75) is 6.92 Å². The lowest BCUT2D eigenvalue weighted by Gasteiger charge is -2.01. The first-order valence-corrected chi connectivity index (χ1v) is 4.57. The van der Waals surface area contributed by atoms with Crippen LogP contribution >= 0.6 is 0 Å². The van der Waals surface area contributed by atoms with Gasteiger partial charge in [0.25, 0.3) is 0 Å². The van der Waals surface area contributed by atoms with E-state index >= 15 is 0 Å². The van der Waals surface area contributed by atoms with Crippen molar-refractivity contribution >= 4 is 12.2 Å². The molecule has 1 aromatic carbocycles. The van der Waals surface area contributed by atoms with Gasteiger partial charge in [-0.3, -0.25) is 0 Å². The van der Waals surface area contributed by atoms with Crippen molar-refractivity contribution in [2.24, 2.45) is 21.7 Å². The third kappa shape index (κ3) is 4.12. The average Bonchev–Trinajstić information content (AvgIpc) is 2.20. The number of guanidine groups is 1. The number of rotatable bonds is 4. The van der Waals surface area contributed by atoms with Crippen molar-refractivity contribution in [3.63, 3.8) is 0 Å². The Labute approximate surface area is 88.4 Å². The lowest BCUT2D eigenvalue weighted by Crippen LogP contribution is -2.21. The van der Waals surface area contributed by atoms with Crippen LogP contribution in [0.4, 0.5) is 0 Å². The average molecular weight is 206 g/mol. The van der Waals surface area contributed by atoms with Gasteiger partial charge in [-0.05, 0) is 36.8 Å². The summed E-state index contributed by atoms with van der Waals surface area (Å²) in [6, 6.07) is 7.47. The lowest BCUT2D eigenvalue weighted by atomic mass is 10.2. The molecule has 0 spiro atoms. The summed E-state index contributed by atoms with van der Waals surface area (Å²) in [6.07, 6.45) is 1.56. The van der Waals surface area contributed by atoms with Gasteiger partial charge in [-0.15, -0.1) is 5.10 Å². The summed E-state index contributed by atoms with van der Waals surface area (Å²) in [5.74, 6) is 0.772. The quantitative estimate of drug-likeness (QED) is 0.432. The monoisotopic (exact) mass is 206 g/mol. The van der Waals surface area contributed by atoms with E-state index in [1.54, 1.807) is 6.21 Å². The molecule has 0 aliphatic carbocycles. The number of hydrogen-bond donors (Lipinski definition) is 2. The first kappa shape index (κ1) is 11.0. The van der Waals surface area contributed by atoms with Crippen LogP contribution in [-0.2, 0) is 0 Å². The van der Waals surface area contributed by atoms with Gasteiger partial charge in [0.1, 0.15) is 5.75 Å². The number of ether oxygens (including phenoxy) is 1. The van der Waals surface area contributed by atoms with E-state index in [-0.39, 0.29) is 5.96 Å². The maximum absolute atomic E-state index is 5.29. The molecule has 0 amide bonds. The third-order valence-electron chi connectivity index (χ3n) is 1.57. The van der Waals surface area contributed by atoms with E-state index in [1.807, 2.05) is 31.2 Å². The maximum Gasteiger partial charge on any atom is 0.211 e. The molecule has 0 aromatic heterocycles. The highest BCUT2D eigenvalue weighted by atomic mass is 16.5. The van der Waals surface area contributed by atoms with Gasteiger partial charge < -0.3 is 16.2 Å². The van der Waals surface area contributed by atoms with E-state index in [2.05, 4.69) is 10.2 Å². The SMILES string of the molecule is CCOc1ccc(/C=N/N=C(N)N)cc1. The van der Waals surface area contributed by atoms with Crippen LogP contribution in [0, 0.1) is 0 Å². The Bertz CT molecular complexity index is 352. The van der Waals surface area contributed by atoms with Gasteiger partial charge in [0, 0.05) is 0 Å². The Kier molecular flexibility index (Phi) is 4.15. The molecule has 0 saturated carbocycles. The predicted octanol–water partition coefficient (Wildman–Crippen LogP) is 0.693. The molecule has 15 heavy (non-hydrogen) atoms. The first-order chi connectivity index (χ1) is 7.22. The van der Waals surface area contributed by atoms with Gasteiger partial charge in [-0.2, -0.15) is 5.10 Å². The summed E-state index contributed by atoms with van der Waals surface area (Å²) < 4.78 is 5.29. The van der Waals surface area contributed by atoms with Crippen molar-refractivity contribution in [1.29, 1.82) is 0 Å². The molecule has 0 fully saturated rings. The fourth-order valence-corrected chi connectivity index (χ4v) is 0.979. The van der Waals surface area contributed by atoms with Gasteiger partial charge in [0.15, 0.2) is 0 Å². The van der Waals surface area contributed by atoms with Crippen LogP contribution in [0.25, 0.3) is 0 Å². The Morgan fingerprint density at radius 2 is 2.00 bits per heavy atom. The smallest absolute Gasteiger partial charge is 0.211 e. The van der Waals surface area contributed by atoms with Crippen molar-refractivity contribution < 1.29 is 4.74 Å². The van der Waals surface area contributed by atoms with Crippen molar-refractivity contribution in [1.82, 2.24) is 0 Å². The largest absolute Gasteiger partial charge is 0.494 e. The van der Waals surface area contributed by atoms with E-state index in [9.17, 15) is 0 Å². The standard InChI is InChI=1S/C10H14N4O/c1-2-15-9-5-3-8(4-6-9)7-13-14-10(11)12/h3-7H,2H2,1H3,(H4,11,12,14)/b13-7+. The van der Waals surface area contributed by atoms with Gasteiger partial charge in [0.2, 0.25) is 5.96 Å². The molecule has 0 unspecified atom stereocenters. The van der Waals surface area contributed by atoms with Crippen LogP contribution < -0.4 is 16.2 Å². The molecule has 0 saturated heterocycles. The predicted molar refractivity (Wildman–Crippen MR) is 61.0 cm³/mol. The minimum absolute atomic E-state index is 0.0582. The summed E-state index contributed by atoms with van der Waals surface area (Å²) in [7, 11) is 0. The summed E-state index contributed by atoms with van der Waals surface area (Å²) in [5, 5.41) is 7.18. The van der Waals surface area contributed by atoms with Crippen LogP contribution in [-0.4, -0.2) is 18.8 Å². The normalized spacial score (nSPS) is 10.2. The molecule has 5 nitrogen and oxygen atoms in total. The molecule has 0 radical (unpaired) electrons. The summed E-state index contributed by atoms with van der Waals surface area (Å²) in [6.45, 7) is 2.59. The number of nitrogens with two attached hydrogens (primary N) is 2. The zero-order chi connectivity index (χ0) is 11.1. The van der Waals surface area contributed by atoms with Crippen molar-refractivity contribution in [2.75, 3.05) is 6.61 Å². The number of benzene rings is 1. The Morgan fingerprint density at radius 3 is 2.53 bits per heavy atom.